The summed E-state index contributed by atoms with van der Waals surface area (Å²) in [4.78, 5) is 27.4. The zero-order chi connectivity index (χ0) is 17.0. The largest absolute Gasteiger partial charge is 0.389 e. The van der Waals surface area contributed by atoms with E-state index in [-0.39, 0.29) is 11.9 Å². The van der Waals surface area contributed by atoms with Gasteiger partial charge in [0, 0.05) is 38.5 Å². The molecule has 0 radical (unpaired) electrons. The van der Waals surface area contributed by atoms with Gasteiger partial charge < -0.3 is 9.80 Å². The fourth-order valence-corrected chi connectivity index (χ4v) is 3.49. The first-order valence-electron chi connectivity index (χ1n) is 8.41. The van der Waals surface area contributed by atoms with Gasteiger partial charge in [-0.3, -0.25) is 9.59 Å². The number of halogens is 3. The van der Waals surface area contributed by atoms with Gasteiger partial charge >= 0.3 is 6.18 Å². The molecule has 2 rings (SSSR count). The Hall–Kier alpha value is -1.27. The number of carbonyl (C=O) groups is 2. The maximum absolute atomic E-state index is 12.2. The van der Waals surface area contributed by atoms with E-state index in [0.717, 1.165) is 32.1 Å². The molecule has 1 saturated heterocycles. The topological polar surface area (TPSA) is 40.6 Å². The Morgan fingerprint density at radius 1 is 1.04 bits per heavy atom. The highest BCUT2D eigenvalue weighted by Gasteiger charge is 2.34. The molecular formula is C16H25F3N2O2. The van der Waals surface area contributed by atoms with Crippen LogP contribution in [-0.2, 0) is 9.59 Å². The van der Waals surface area contributed by atoms with Gasteiger partial charge in [0.1, 0.15) is 0 Å². The third-order valence-corrected chi connectivity index (χ3v) is 4.90. The van der Waals surface area contributed by atoms with Crippen molar-refractivity contribution < 1.29 is 22.8 Å². The number of rotatable bonds is 4. The molecule has 0 spiro atoms. The summed E-state index contributed by atoms with van der Waals surface area (Å²) in [5.41, 5.74) is 0. The summed E-state index contributed by atoms with van der Waals surface area (Å²) >= 11 is 0. The number of likely N-dealkylation sites (tertiary alicyclic amines) is 1. The molecule has 1 atom stereocenters. The molecular weight excluding hydrogens is 309 g/mol. The van der Waals surface area contributed by atoms with E-state index in [1.165, 1.54) is 4.90 Å². The van der Waals surface area contributed by atoms with E-state index >= 15 is 0 Å². The summed E-state index contributed by atoms with van der Waals surface area (Å²) in [6.45, 7) is 2.51. The number of nitrogens with zero attached hydrogens (tertiary/aromatic N) is 2. The van der Waals surface area contributed by atoms with Crippen molar-refractivity contribution in [2.45, 2.75) is 76.6 Å². The highest BCUT2D eigenvalue weighted by Crippen LogP contribution is 2.30. The molecule has 2 aliphatic rings. The molecule has 1 saturated carbocycles. The number of hydrogen-bond acceptors (Lipinski definition) is 2. The molecule has 7 heteroatoms. The van der Waals surface area contributed by atoms with Crippen LogP contribution < -0.4 is 0 Å². The van der Waals surface area contributed by atoms with Gasteiger partial charge in [-0.15, -0.1) is 0 Å². The molecule has 132 valence electrons. The smallest absolute Gasteiger partial charge is 0.343 e. The number of alkyl halides is 3. The average Bonchev–Trinajstić information content (AvgIpc) is 2.64. The Morgan fingerprint density at radius 3 is 2.17 bits per heavy atom. The van der Waals surface area contributed by atoms with Crippen LogP contribution in [0.15, 0.2) is 0 Å². The Bertz CT molecular complexity index is 436. The standard InChI is InChI=1S/C16H25F3N2O2/c1-12(22)21(13-4-2-5-13)14-6-3-10-20(11-8-14)15(23)7-9-16(17,18)19/h13-14H,2-11H2,1H3. The van der Waals surface area contributed by atoms with Crippen LogP contribution in [-0.4, -0.2) is 53.0 Å². The molecule has 0 N–H and O–H groups in total. The fourth-order valence-electron chi connectivity index (χ4n) is 3.49. The number of hydrogen-bond donors (Lipinski definition) is 0. The minimum absolute atomic E-state index is 0.0662. The molecule has 0 aromatic rings. The second-order valence-electron chi connectivity index (χ2n) is 6.59. The number of carbonyl (C=O) groups excluding carboxylic acids is 2. The van der Waals surface area contributed by atoms with Crippen LogP contribution in [0.3, 0.4) is 0 Å². The van der Waals surface area contributed by atoms with Gasteiger partial charge in [-0.1, -0.05) is 0 Å². The van der Waals surface area contributed by atoms with E-state index in [2.05, 4.69) is 0 Å². The van der Waals surface area contributed by atoms with Gasteiger partial charge in [0.25, 0.3) is 0 Å². The Balaban J connectivity index is 1.88. The molecule has 2 amide bonds. The van der Waals surface area contributed by atoms with Crippen LogP contribution in [0.2, 0.25) is 0 Å². The first-order valence-corrected chi connectivity index (χ1v) is 8.41. The SMILES string of the molecule is CC(=O)N(C1CCC1)C1CCCN(C(=O)CCC(F)(F)F)CC1. The van der Waals surface area contributed by atoms with Gasteiger partial charge in [-0.2, -0.15) is 13.2 Å². The zero-order valence-corrected chi connectivity index (χ0v) is 13.6. The van der Waals surface area contributed by atoms with Gasteiger partial charge in [0.2, 0.25) is 11.8 Å². The van der Waals surface area contributed by atoms with Crippen molar-refractivity contribution in [1.29, 1.82) is 0 Å². The molecule has 1 aliphatic carbocycles. The summed E-state index contributed by atoms with van der Waals surface area (Å²) < 4.78 is 36.7. The summed E-state index contributed by atoms with van der Waals surface area (Å²) in [5, 5.41) is 0. The molecule has 0 bridgehead atoms. The van der Waals surface area contributed by atoms with Crippen LogP contribution in [0.1, 0.15) is 58.3 Å². The van der Waals surface area contributed by atoms with Crippen LogP contribution >= 0.6 is 0 Å². The predicted octanol–water partition coefficient (Wildman–Crippen LogP) is 3.11. The van der Waals surface area contributed by atoms with Crippen LogP contribution in [0.4, 0.5) is 13.2 Å². The molecule has 23 heavy (non-hydrogen) atoms. The lowest BCUT2D eigenvalue weighted by Gasteiger charge is -2.42. The van der Waals surface area contributed by atoms with Crippen LogP contribution in [0.5, 0.6) is 0 Å². The third kappa shape index (κ3) is 5.11. The zero-order valence-electron chi connectivity index (χ0n) is 13.6. The fraction of sp³-hybridized carbons (Fsp3) is 0.875. The predicted molar refractivity (Wildman–Crippen MR) is 79.7 cm³/mol. The summed E-state index contributed by atoms with van der Waals surface area (Å²) in [6.07, 6.45) is -0.413. The number of amides is 2. The minimum Gasteiger partial charge on any atom is -0.343 e. The lowest BCUT2D eigenvalue weighted by Crippen LogP contribution is -2.49. The van der Waals surface area contributed by atoms with Gasteiger partial charge in [-0.05, 0) is 38.5 Å². The molecule has 1 heterocycles. The summed E-state index contributed by atoms with van der Waals surface area (Å²) in [7, 11) is 0. The molecule has 0 aromatic heterocycles. The van der Waals surface area contributed by atoms with Crippen molar-refractivity contribution in [2.75, 3.05) is 13.1 Å². The Labute approximate surface area is 135 Å². The molecule has 0 aromatic carbocycles. The second kappa shape index (κ2) is 7.53. The van der Waals surface area contributed by atoms with Crippen molar-refractivity contribution in [3.63, 3.8) is 0 Å². The van der Waals surface area contributed by atoms with E-state index in [9.17, 15) is 22.8 Å². The van der Waals surface area contributed by atoms with Crippen LogP contribution in [0, 0.1) is 0 Å². The average molecular weight is 334 g/mol. The minimum atomic E-state index is -4.29. The van der Waals surface area contributed by atoms with E-state index in [4.69, 9.17) is 0 Å². The quantitative estimate of drug-likeness (QED) is 0.793. The second-order valence-corrected chi connectivity index (χ2v) is 6.59. The summed E-state index contributed by atoms with van der Waals surface area (Å²) in [6, 6.07) is 0.420. The first-order chi connectivity index (χ1) is 10.8. The first kappa shape index (κ1) is 18.1. The van der Waals surface area contributed by atoms with E-state index in [1.54, 1.807) is 6.92 Å². The maximum Gasteiger partial charge on any atom is 0.389 e. The van der Waals surface area contributed by atoms with Gasteiger partial charge in [0.15, 0.2) is 0 Å². The van der Waals surface area contributed by atoms with Crippen molar-refractivity contribution in [3.8, 4) is 0 Å². The van der Waals surface area contributed by atoms with Crippen molar-refractivity contribution >= 4 is 11.8 Å². The lowest BCUT2D eigenvalue weighted by atomic mass is 9.89. The van der Waals surface area contributed by atoms with Gasteiger partial charge in [0.05, 0.1) is 6.42 Å². The maximum atomic E-state index is 12.2. The third-order valence-electron chi connectivity index (χ3n) is 4.90. The van der Waals surface area contributed by atoms with Crippen LogP contribution in [0.25, 0.3) is 0 Å². The van der Waals surface area contributed by atoms with E-state index in [0.29, 0.717) is 25.6 Å². The van der Waals surface area contributed by atoms with E-state index < -0.39 is 24.9 Å². The Kier molecular flexibility index (Phi) is 5.92. The summed E-state index contributed by atoms with van der Waals surface area (Å²) in [5.74, 6) is -0.363. The molecule has 1 aliphatic heterocycles. The van der Waals surface area contributed by atoms with Crippen molar-refractivity contribution in [2.24, 2.45) is 0 Å². The van der Waals surface area contributed by atoms with Crippen molar-refractivity contribution in [3.05, 3.63) is 0 Å². The lowest BCUT2D eigenvalue weighted by molar-refractivity contribution is -0.149. The Morgan fingerprint density at radius 2 is 1.65 bits per heavy atom. The normalized spacial score (nSPS) is 23.1. The molecule has 1 unspecified atom stereocenters. The monoisotopic (exact) mass is 334 g/mol. The van der Waals surface area contributed by atoms with E-state index in [1.807, 2.05) is 4.90 Å². The van der Waals surface area contributed by atoms with Crippen molar-refractivity contribution in [1.82, 2.24) is 9.80 Å². The van der Waals surface area contributed by atoms with Gasteiger partial charge in [-0.25, -0.2) is 0 Å². The molecule has 2 fully saturated rings. The molecule has 4 nitrogen and oxygen atoms in total. The highest BCUT2D eigenvalue weighted by atomic mass is 19.4. The highest BCUT2D eigenvalue weighted by molar-refractivity contribution is 5.76.